The number of aromatic nitrogens is 1. The lowest BCUT2D eigenvalue weighted by Crippen LogP contribution is -2.27. The highest BCUT2D eigenvalue weighted by Crippen LogP contribution is 2.31. The minimum atomic E-state index is -0.607. The molecule has 2 heterocycles. The Morgan fingerprint density at radius 2 is 2.04 bits per heavy atom. The summed E-state index contributed by atoms with van der Waals surface area (Å²) < 4.78 is 1.91. The average molecular weight is 342 g/mol. The van der Waals surface area contributed by atoms with Gasteiger partial charge in [-0.15, -0.1) is 11.3 Å². The third-order valence-corrected chi connectivity index (χ3v) is 4.92. The van der Waals surface area contributed by atoms with Crippen molar-refractivity contribution in [1.29, 1.82) is 0 Å². The molecular formula is C18H18N2O3S. The normalized spacial score (nSPS) is 11.2. The maximum absolute atomic E-state index is 12.6. The Morgan fingerprint density at radius 1 is 1.29 bits per heavy atom. The summed E-state index contributed by atoms with van der Waals surface area (Å²) in [5.41, 5.74) is 1.54. The predicted molar refractivity (Wildman–Crippen MR) is 97.2 cm³/mol. The van der Waals surface area contributed by atoms with Crippen molar-refractivity contribution in [2.75, 3.05) is 5.32 Å². The Bertz CT molecular complexity index is 986. The van der Waals surface area contributed by atoms with Gasteiger partial charge in [0.1, 0.15) is 5.56 Å². The van der Waals surface area contributed by atoms with Crippen LogP contribution in [0.1, 0.15) is 35.7 Å². The van der Waals surface area contributed by atoms with E-state index in [9.17, 15) is 14.7 Å². The van der Waals surface area contributed by atoms with E-state index in [1.54, 1.807) is 24.6 Å². The summed E-state index contributed by atoms with van der Waals surface area (Å²) in [5, 5.41) is 14.9. The first-order valence-corrected chi connectivity index (χ1v) is 8.48. The Hall–Kier alpha value is -2.60. The summed E-state index contributed by atoms with van der Waals surface area (Å²) in [7, 11) is 1.59. The Labute approximate surface area is 143 Å². The highest BCUT2D eigenvalue weighted by Gasteiger charge is 2.22. The number of pyridine rings is 1. The van der Waals surface area contributed by atoms with Crippen molar-refractivity contribution >= 4 is 33.1 Å². The van der Waals surface area contributed by atoms with Gasteiger partial charge in [0.05, 0.1) is 10.2 Å². The van der Waals surface area contributed by atoms with Gasteiger partial charge in [-0.05, 0) is 35.1 Å². The van der Waals surface area contributed by atoms with E-state index >= 15 is 0 Å². The summed E-state index contributed by atoms with van der Waals surface area (Å²) in [4.78, 5) is 25.0. The number of nitrogens with one attached hydrogen (secondary N) is 1. The Morgan fingerprint density at radius 3 is 2.75 bits per heavy atom. The van der Waals surface area contributed by atoms with Crippen LogP contribution in [0.2, 0.25) is 0 Å². The molecule has 2 aromatic heterocycles. The number of carbonyl (C=O) groups is 1. The van der Waals surface area contributed by atoms with Gasteiger partial charge >= 0.3 is 0 Å². The molecule has 124 valence electrons. The first-order chi connectivity index (χ1) is 11.4. The standard InChI is InChI=1S/C18H18N2O3S/c1-10(2)11-5-4-6-12(9-11)19-17(22)14-15(21)16-13(7-8-24-16)20(3)18(14)23/h4-10,21H,1-3H3,(H,19,22). The lowest BCUT2D eigenvalue weighted by Gasteiger charge is -2.11. The van der Waals surface area contributed by atoms with Gasteiger partial charge in [0.15, 0.2) is 5.75 Å². The largest absolute Gasteiger partial charge is 0.505 e. The average Bonchev–Trinajstić information content (AvgIpc) is 3.03. The molecule has 6 heteroatoms. The zero-order valence-electron chi connectivity index (χ0n) is 13.7. The molecule has 0 aliphatic rings. The SMILES string of the molecule is CC(C)c1cccc(NC(=O)c2c(O)c3sccc3n(C)c2=O)c1. The van der Waals surface area contributed by atoms with Crippen molar-refractivity contribution in [3.05, 3.63) is 57.2 Å². The number of benzene rings is 1. The molecular weight excluding hydrogens is 324 g/mol. The minimum Gasteiger partial charge on any atom is -0.505 e. The molecule has 0 aliphatic carbocycles. The molecule has 2 N–H and O–H groups in total. The highest BCUT2D eigenvalue weighted by molar-refractivity contribution is 7.17. The van der Waals surface area contributed by atoms with Crippen LogP contribution in [0.3, 0.4) is 0 Å². The monoisotopic (exact) mass is 342 g/mol. The summed E-state index contributed by atoms with van der Waals surface area (Å²) in [5.74, 6) is -0.546. The van der Waals surface area contributed by atoms with Gasteiger partial charge in [0.25, 0.3) is 11.5 Å². The fraction of sp³-hybridized carbons (Fsp3) is 0.222. The smallest absolute Gasteiger partial charge is 0.267 e. The van der Waals surface area contributed by atoms with E-state index in [2.05, 4.69) is 19.2 Å². The molecule has 0 aliphatic heterocycles. The molecule has 1 amide bonds. The van der Waals surface area contributed by atoms with Gasteiger partial charge in [0, 0.05) is 12.7 Å². The molecule has 5 nitrogen and oxygen atoms in total. The van der Waals surface area contributed by atoms with Crippen LogP contribution in [0.25, 0.3) is 10.2 Å². The number of aromatic hydroxyl groups is 1. The quantitative estimate of drug-likeness (QED) is 0.763. The summed E-state index contributed by atoms with van der Waals surface area (Å²) in [6.07, 6.45) is 0. The maximum atomic E-state index is 12.6. The fourth-order valence-electron chi connectivity index (χ4n) is 2.61. The first-order valence-electron chi connectivity index (χ1n) is 7.60. The molecule has 0 saturated heterocycles. The maximum Gasteiger partial charge on any atom is 0.267 e. The molecule has 0 atom stereocenters. The minimum absolute atomic E-state index is 0.234. The Balaban J connectivity index is 2.03. The lowest BCUT2D eigenvalue weighted by molar-refractivity contribution is 0.102. The van der Waals surface area contributed by atoms with Crippen molar-refractivity contribution < 1.29 is 9.90 Å². The number of nitrogens with zero attached hydrogens (tertiary/aromatic N) is 1. The van der Waals surface area contributed by atoms with Crippen molar-refractivity contribution in [3.63, 3.8) is 0 Å². The molecule has 3 aromatic rings. The molecule has 0 saturated carbocycles. The van der Waals surface area contributed by atoms with Crippen LogP contribution >= 0.6 is 11.3 Å². The van der Waals surface area contributed by atoms with Crippen LogP contribution in [0, 0.1) is 0 Å². The second-order valence-electron chi connectivity index (χ2n) is 5.96. The third-order valence-electron chi connectivity index (χ3n) is 4.01. The van der Waals surface area contributed by atoms with E-state index < -0.39 is 11.5 Å². The zero-order chi connectivity index (χ0) is 17.4. The summed E-state index contributed by atoms with van der Waals surface area (Å²) in [6.45, 7) is 4.13. The summed E-state index contributed by atoms with van der Waals surface area (Å²) in [6, 6.07) is 9.21. The van der Waals surface area contributed by atoms with Gasteiger partial charge < -0.3 is 15.0 Å². The number of fused-ring (bicyclic) bond motifs is 1. The molecule has 3 rings (SSSR count). The first kappa shape index (κ1) is 16.3. The molecule has 0 spiro atoms. The number of amides is 1. The number of hydrogen-bond acceptors (Lipinski definition) is 4. The van der Waals surface area contributed by atoms with Crippen LogP contribution in [-0.4, -0.2) is 15.6 Å². The van der Waals surface area contributed by atoms with Gasteiger partial charge in [-0.3, -0.25) is 9.59 Å². The lowest BCUT2D eigenvalue weighted by atomic mass is 10.0. The number of hydrogen-bond donors (Lipinski definition) is 2. The van der Waals surface area contributed by atoms with Crippen LogP contribution in [0.15, 0.2) is 40.5 Å². The molecule has 1 aromatic carbocycles. The van der Waals surface area contributed by atoms with E-state index in [1.807, 2.05) is 18.2 Å². The number of rotatable bonds is 3. The predicted octanol–water partition coefficient (Wildman–Crippen LogP) is 3.68. The van der Waals surface area contributed by atoms with Crippen molar-refractivity contribution in [1.82, 2.24) is 4.57 Å². The third kappa shape index (κ3) is 2.69. The molecule has 0 radical (unpaired) electrons. The van der Waals surface area contributed by atoms with Crippen molar-refractivity contribution in [3.8, 4) is 5.75 Å². The van der Waals surface area contributed by atoms with Crippen LogP contribution < -0.4 is 10.9 Å². The van der Waals surface area contributed by atoms with Crippen LogP contribution in [-0.2, 0) is 7.05 Å². The molecule has 0 fully saturated rings. The van der Waals surface area contributed by atoms with E-state index in [0.717, 1.165) is 5.56 Å². The second kappa shape index (κ2) is 6.13. The fourth-order valence-corrected chi connectivity index (χ4v) is 3.48. The number of thiophene rings is 1. The topological polar surface area (TPSA) is 71.3 Å². The summed E-state index contributed by atoms with van der Waals surface area (Å²) >= 11 is 1.29. The van der Waals surface area contributed by atoms with Crippen LogP contribution in [0.4, 0.5) is 5.69 Å². The zero-order valence-corrected chi connectivity index (χ0v) is 14.5. The van der Waals surface area contributed by atoms with Crippen LogP contribution in [0.5, 0.6) is 5.75 Å². The molecule has 0 unspecified atom stereocenters. The van der Waals surface area contributed by atoms with Crippen molar-refractivity contribution in [2.24, 2.45) is 7.05 Å². The van der Waals surface area contributed by atoms with Gasteiger partial charge in [-0.1, -0.05) is 26.0 Å². The Kier molecular flexibility index (Phi) is 4.15. The van der Waals surface area contributed by atoms with Gasteiger partial charge in [-0.25, -0.2) is 0 Å². The van der Waals surface area contributed by atoms with E-state index in [1.165, 1.54) is 15.9 Å². The van der Waals surface area contributed by atoms with Crippen molar-refractivity contribution in [2.45, 2.75) is 19.8 Å². The second-order valence-corrected chi connectivity index (χ2v) is 6.87. The highest BCUT2D eigenvalue weighted by atomic mass is 32.1. The number of anilines is 1. The molecule has 0 bridgehead atoms. The van der Waals surface area contributed by atoms with Gasteiger partial charge in [0.2, 0.25) is 0 Å². The van der Waals surface area contributed by atoms with E-state index in [4.69, 9.17) is 0 Å². The van der Waals surface area contributed by atoms with E-state index in [0.29, 0.717) is 21.8 Å². The molecule has 24 heavy (non-hydrogen) atoms. The van der Waals surface area contributed by atoms with E-state index in [-0.39, 0.29) is 11.3 Å². The van der Waals surface area contributed by atoms with Gasteiger partial charge in [-0.2, -0.15) is 0 Å². The number of aryl methyl sites for hydroxylation is 1. The number of carbonyl (C=O) groups excluding carboxylic acids is 1.